The highest BCUT2D eigenvalue weighted by atomic mass is 32.3. The number of hydrogen-bond acceptors (Lipinski definition) is 6. The van der Waals surface area contributed by atoms with Crippen LogP contribution in [0.5, 0.6) is 0 Å². The Morgan fingerprint density at radius 3 is 1.46 bits per heavy atom. The number of anilines is 2. The minimum absolute atomic E-state index is 0.0911. The Morgan fingerprint density at radius 1 is 0.743 bits per heavy atom. The van der Waals surface area contributed by atoms with Crippen LogP contribution in [0.1, 0.15) is 69.4 Å². The normalized spacial score (nSPS) is 10.9. The highest BCUT2D eigenvalue weighted by Gasteiger charge is 2.06. The summed E-state index contributed by atoms with van der Waals surface area (Å²) in [5.41, 5.74) is 4.72. The van der Waals surface area contributed by atoms with Crippen molar-refractivity contribution in [3.8, 4) is 0 Å². The van der Waals surface area contributed by atoms with E-state index in [2.05, 4.69) is 20.9 Å². The molecule has 0 spiro atoms. The summed E-state index contributed by atoms with van der Waals surface area (Å²) in [6.45, 7) is 2.28. The maximum absolute atomic E-state index is 10.2. The van der Waals surface area contributed by atoms with Crippen LogP contribution in [0.3, 0.4) is 0 Å². The topological polar surface area (TPSA) is 93.9 Å². The molecule has 2 rings (SSSR count). The van der Waals surface area contributed by atoms with Crippen LogP contribution < -0.4 is 9.80 Å². The molecule has 7 nitrogen and oxygen atoms in total. The van der Waals surface area contributed by atoms with Gasteiger partial charge in [-0.15, -0.1) is 0 Å². The molecule has 0 aromatic heterocycles. The number of nitrogens with zero attached hydrogens (tertiary/aromatic N) is 2. The molecule has 0 atom stereocenters. The molecule has 0 fully saturated rings. The van der Waals surface area contributed by atoms with Gasteiger partial charge in [0.2, 0.25) is 0 Å². The zero-order valence-corrected chi connectivity index (χ0v) is 22.8. The lowest BCUT2D eigenvalue weighted by atomic mass is 10.0. The van der Waals surface area contributed by atoms with E-state index >= 15 is 0 Å². The average Bonchev–Trinajstić information content (AvgIpc) is 2.82. The Bertz CT molecular complexity index is 903. The fourth-order valence-electron chi connectivity index (χ4n) is 3.42. The summed E-state index contributed by atoms with van der Waals surface area (Å²) in [5.74, 6) is 0. The lowest BCUT2D eigenvalue weighted by Gasteiger charge is -2.14. The summed E-state index contributed by atoms with van der Waals surface area (Å²) >= 11 is 0. The van der Waals surface area contributed by atoms with Gasteiger partial charge < -0.3 is 9.80 Å². The molecule has 0 heterocycles. The highest BCUT2D eigenvalue weighted by molar-refractivity contribution is 7.80. The monoisotopic (exact) mass is 505 g/mol. The van der Waals surface area contributed by atoms with Crippen molar-refractivity contribution in [2.45, 2.75) is 58.3 Å². The molecule has 0 aliphatic carbocycles. The second-order valence-electron chi connectivity index (χ2n) is 8.98. The minimum atomic E-state index is -4.23. The lowest BCUT2D eigenvalue weighted by molar-refractivity contribution is 0.261. The third-order valence-electron chi connectivity index (χ3n) is 5.57. The Kier molecular flexibility index (Phi) is 14.2. The number of nitrogens with one attached hydrogen (secondary N) is 1. The molecule has 0 bridgehead atoms. The molecule has 35 heavy (non-hydrogen) atoms. The molecule has 0 saturated heterocycles. The van der Waals surface area contributed by atoms with Gasteiger partial charge in [-0.2, -0.15) is 8.42 Å². The molecule has 196 valence electrons. The van der Waals surface area contributed by atoms with Gasteiger partial charge in [0.1, 0.15) is 0 Å². The van der Waals surface area contributed by atoms with Gasteiger partial charge in [-0.3, -0.25) is 9.96 Å². The third kappa shape index (κ3) is 13.3. The van der Waals surface area contributed by atoms with E-state index in [1.165, 1.54) is 32.1 Å². The molecule has 0 aliphatic heterocycles. The smallest absolute Gasteiger partial charge is 0.378 e. The van der Waals surface area contributed by atoms with E-state index in [0.717, 1.165) is 35.3 Å². The molecule has 0 saturated carbocycles. The first kappa shape index (κ1) is 30.6. The van der Waals surface area contributed by atoms with Crippen molar-refractivity contribution in [1.29, 1.82) is 5.41 Å². The Balaban J connectivity index is 0.000000367. The van der Waals surface area contributed by atoms with Crippen LogP contribution in [-0.2, 0) is 14.6 Å². The van der Waals surface area contributed by atoms with E-state index in [4.69, 9.17) is 9.96 Å². The van der Waals surface area contributed by atoms with E-state index in [1.807, 2.05) is 76.7 Å². The first-order valence-electron chi connectivity index (χ1n) is 12.3. The zero-order chi connectivity index (χ0) is 26.3. The number of benzene rings is 2. The van der Waals surface area contributed by atoms with Crippen molar-refractivity contribution < 1.29 is 17.2 Å². The van der Waals surface area contributed by atoms with Crippen molar-refractivity contribution in [2.75, 3.05) is 44.6 Å². The van der Waals surface area contributed by atoms with Crippen LogP contribution in [0, 0.1) is 5.41 Å². The van der Waals surface area contributed by atoms with E-state index in [0.29, 0.717) is 12.1 Å². The molecule has 0 amide bonds. The zero-order valence-electron chi connectivity index (χ0n) is 22.0. The second kappa shape index (κ2) is 16.3. The fraction of sp³-hybridized carbons (Fsp3) is 0.519. The first-order valence-corrected chi connectivity index (χ1v) is 13.7. The van der Waals surface area contributed by atoms with Crippen LogP contribution in [0.25, 0.3) is 0 Å². The van der Waals surface area contributed by atoms with Crippen molar-refractivity contribution in [3.63, 3.8) is 0 Å². The number of hydrogen-bond donors (Lipinski definition) is 2. The Hall–Kier alpha value is -2.42. The molecule has 8 heteroatoms. The summed E-state index contributed by atoms with van der Waals surface area (Å²) in [6.07, 6.45) is 9.05. The van der Waals surface area contributed by atoms with Crippen LogP contribution in [-0.4, -0.2) is 53.5 Å². The quantitative estimate of drug-likeness (QED) is 0.181. The molecule has 0 unspecified atom stereocenters. The summed E-state index contributed by atoms with van der Waals surface area (Å²) in [5, 5.41) is 8.30. The molecule has 0 aliphatic rings. The SMILES string of the molecule is CCCCCCCCCCOS(=O)(=O)O.CN(C)c1ccc(C(=N)c2ccc(N(C)C)cc2)cc1. The molecule has 2 aromatic rings. The van der Waals surface area contributed by atoms with Gasteiger partial charge in [-0.25, -0.2) is 4.18 Å². The Morgan fingerprint density at radius 2 is 1.11 bits per heavy atom. The van der Waals surface area contributed by atoms with Crippen LogP contribution in [0.15, 0.2) is 48.5 Å². The van der Waals surface area contributed by atoms with Gasteiger partial charge in [0.15, 0.2) is 0 Å². The Labute approximate surface area is 212 Å². The van der Waals surface area contributed by atoms with Gasteiger partial charge >= 0.3 is 10.4 Å². The molecule has 0 radical (unpaired) electrons. The van der Waals surface area contributed by atoms with Gasteiger partial charge in [-0.05, 0) is 30.7 Å². The maximum atomic E-state index is 10.2. The summed E-state index contributed by atoms with van der Waals surface area (Å²) in [4.78, 5) is 4.11. The maximum Gasteiger partial charge on any atom is 0.397 e. The number of rotatable bonds is 14. The second-order valence-corrected chi connectivity index (χ2v) is 10.1. The van der Waals surface area contributed by atoms with Crippen molar-refractivity contribution in [3.05, 3.63) is 59.7 Å². The van der Waals surface area contributed by atoms with Crippen LogP contribution in [0.2, 0.25) is 0 Å². The van der Waals surface area contributed by atoms with E-state index in [-0.39, 0.29) is 6.61 Å². The average molecular weight is 506 g/mol. The minimum Gasteiger partial charge on any atom is -0.378 e. The molecular weight excluding hydrogens is 462 g/mol. The lowest BCUT2D eigenvalue weighted by Crippen LogP contribution is -2.10. The van der Waals surface area contributed by atoms with E-state index in [1.54, 1.807) is 0 Å². The third-order valence-corrected chi connectivity index (χ3v) is 6.04. The summed E-state index contributed by atoms with van der Waals surface area (Å²) in [6, 6.07) is 16.1. The van der Waals surface area contributed by atoms with E-state index in [9.17, 15) is 8.42 Å². The van der Waals surface area contributed by atoms with Gasteiger partial charge in [0.05, 0.1) is 12.3 Å². The molecule has 2 N–H and O–H groups in total. The standard InChI is InChI=1S/C17H21N3.C10H22O4S/c1-19(2)15-9-5-13(6-10-15)17(18)14-7-11-16(12-8-14)20(3)4;1-2-3-4-5-6-7-8-9-10-14-15(11,12)13/h5-12,18H,1-4H3;2-10H2,1H3,(H,11,12,13). The predicted molar refractivity (Wildman–Crippen MR) is 148 cm³/mol. The van der Waals surface area contributed by atoms with Crippen LogP contribution in [0.4, 0.5) is 11.4 Å². The van der Waals surface area contributed by atoms with E-state index < -0.39 is 10.4 Å². The van der Waals surface area contributed by atoms with Gasteiger partial charge in [-0.1, -0.05) is 76.1 Å². The van der Waals surface area contributed by atoms with Crippen LogP contribution >= 0.6 is 0 Å². The molecule has 2 aromatic carbocycles. The van der Waals surface area contributed by atoms with Gasteiger partial charge in [0, 0.05) is 50.7 Å². The van der Waals surface area contributed by atoms with Crippen molar-refractivity contribution in [2.24, 2.45) is 0 Å². The first-order chi connectivity index (χ1) is 16.5. The summed E-state index contributed by atoms with van der Waals surface area (Å²) < 4.78 is 32.8. The predicted octanol–water partition coefficient (Wildman–Crippen LogP) is 6.18. The highest BCUT2D eigenvalue weighted by Crippen LogP contribution is 2.18. The fourth-order valence-corrected chi connectivity index (χ4v) is 3.75. The number of unbranched alkanes of at least 4 members (excludes halogenated alkanes) is 7. The van der Waals surface area contributed by atoms with Crippen molar-refractivity contribution >= 4 is 27.5 Å². The molecular formula is C27H43N3O4S. The summed E-state index contributed by atoms with van der Waals surface area (Å²) in [7, 11) is 3.83. The largest absolute Gasteiger partial charge is 0.397 e. The van der Waals surface area contributed by atoms with Gasteiger partial charge in [0.25, 0.3) is 0 Å². The van der Waals surface area contributed by atoms with Crippen molar-refractivity contribution in [1.82, 2.24) is 0 Å².